The summed E-state index contributed by atoms with van der Waals surface area (Å²) in [5, 5.41) is 8.98. The van der Waals surface area contributed by atoms with Crippen molar-refractivity contribution < 1.29 is 14.7 Å². The molecule has 4 nitrogen and oxygen atoms in total. The van der Waals surface area contributed by atoms with Gasteiger partial charge in [-0.3, -0.25) is 9.59 Å². The summed E-state index contributed by atoms with van der Waals surface area (Å²) in [7, 11) is 0. The average molecular weight is 267 g/mol. The van der Waals surface area contributed by atoms with E-state index >= 15 is 0 Å². The standard InChI is InChI=1S/C13H17NO3S/c1-3-13(12(16)17,18-9(2)11(14)15)10-7-5-4-6-8-10/h4-9H,3H2,1-2H3,(H2,14,15)(H,16,17)/t9-,13+/m0/s1. The third-order valence-electron chi connectivity index (χ3n) is 2.86. The van der Waals surface area contributed by atoms with Crippen molar-refractivity contribution in [3.8, 4) is 0 Å². The van der Waals surface area contributed by atoms with E-state index in [4.69, 9.17) is 5.73 Å². The number of benzene rings is 1. The molecule has 0 aliphatic rings. The van der Waals surface area contributed by atoms with Crippen LogP contribution in [0.5, 0.6) is 0 Å². The van der Waals surface area contributed by atoms with Gasteiger partial charge in [0.1, 0.15) is 4.75 Å². The number of thioether (sulfide) groups is 1. The Morgan fingerprint density at radius 1 is 1.39 bits per heavy atom. The molecule has 3 N–H and O–H groups in total. The summed E-state index contributed by atoms with van der Waals surface area (Å²) in [6.45, 7) is 3.42. The van der Waals surface area contributed by atoms with Gasteiger partial charge in [0.05, 0.1) is 5.25 Å². The maximum atomic E-state index is 11.6. The fourth-order valence-electron chi connectivity index (χ4n) is 1.75. The monoisotopic (exact) mass is 267 g/mol. The lowest BCUT2D eigenvalue weighted by Crippen LogP contribution is -2.36. The summed E-state index contributed by atoms with van der Waals surface area (Å²) in [6, 6.07) is 8.93. The number of rotatable bonds is 6. The summed E-state index contributed by atoms with van der Waals surface area (Å²) in [5.74, 6) is -1.45. The highest BCUT2D eigenvalue weighted by atomic mass is 32.2. The number of carboxylic acids is 1. The topological polar surface area (TPSA) is 80.4 Å². The molecule has 1 aromatic rings. The van der Waals surface area contributed by atoms with Gasteiger partial charge in [-0.25, -0.2) is 0 Å². The van der Waals surface area contributed by atoms with Crippen LogP contribution in [0.1, 0.15) is 25.8 Å². The number of hydrogen-bond donors (Lipinski definition) is 2. The molecule has 1 aromatic carbocycles. The highest BCUT2D eigenvalue weighted by molar-refractivity contribution is 8.02. The second kappa shape index (κ2) is 5.91. The van der Waals surface area contributed by atoms with Crippen LogP contribution in [0, 0.1) is 0 Å². The summed E-state index contributed by atoms with van der Waals surface area (Å²) in [5.41, 5.74) is 5.90. The molecule has 0 aliphatic heterocycles. The minimum Gasteiger partial charge on any atom is -0.480 e. The largest absolute Gasteiger partial charge is 0.480 e. The quantitative estimate of drug-likeness (QED) is 0.826. The average Bonchev–Trinajstić information content (AvgIpc) is 2.36. The summed E-state index contributed by atoms with van der Waals surface area (Å²) >= 11 is 1.09. The van der Waals surface area contributed by atoms with Crippen LogP contribution < -0.4 is 5.73 Å². The SMILES string of the molecule is CC[C@](S[C@@H](C)C(N)=O)(C(=O)O)c1ccccc1. The predicted octanol–water partition coefficient (Wildman–Crippen LogP) is 1.98. The molecule has 0 aromatic heterocycles. The van der Waals surface area contributed by atoms with Crippen molar-refractivity contribution in [1.82, 2.24) is 0 Å². The Kier molecular flexibility index (Phi) is 4.78. The summed E-state index contributed by atoms with van der Waals surface area (Å²) in [4.78, 5) is 22.8. The van der Waals surface area contributed by atoms with Crippen molar-refractivity contribution in [2.75, 3.05) is 0 Å². The number of carbonyl (C=O) groups is 2. The van der Waals surface area contributed by atoms with Crippen LogP contribution in [-0.2, 0) is 14.3 Å². The minimum absolute atomic E-state index is 0.384. The molecule has 0 saturated carbocycles. The van der Waals surface area contributed by atoms with Gasteiger partial charge in [0, 0.05) is 0 Å². The zero-order valence-electron chi connectivity index (χ0n) is 10.4. The Bertz CT molecular complexity index is 435. The lowest BCUT2D eigenvalue weighted by Gasteiger charge is -2.30. The molecule has 2 atom stereocenters. The van der Waals surface area contributed by atoms with Gasteiger partial charge in [-0.1, -0.05) is 37.3 Å². The molecule has 18 heavy (non-hydrogen) atoms. The van der Waals surface area contributed by atoms with Crippen molar-refractivity contribution in [2.24, 2.45) is 5.73 Å². The lowest BCUT2D eigenvalue weighted by molar-refractivity contribution is -0.140. The maximum absolute atomic E-state index is 11.6. The van der Waals surface area contributed by atoms with E-state index in [2.05, 4.69) is 0 Å². The molecule has 1 amide bonds. The molecule has 0 aliphatic carbocycles. The fourth-order valence-corrected chi connectivity index (χ4v) is 3.01. The normalized spacial score (nSPS) is 15.7. The van der Waals surface area contributed by atoms with E-state index in [1.807, 2.05) is 6.07 Å². The second-order valence-electron chi connectivity index (χ2n) is 4.01. The number of nitrogens with two attached hydrogens (primary N) is 1. The third-order valence-corrected chi connectivity index (χ3v) is 4.55. The minimum atomic E-state index is -1.13. The number of carbonyl (C=O) groups excluding carboxylic acids is 1. The van der Waals surface area contributed by atoms with Crippen molar-refractivity contribution in [2.45, 2.75) is 30.3 Å². The molecule has 0 radical (unpaired) electrons. The van der Waals surface area contributed by atoms with E-state index in [0.717, 1.165) is 11.8 Å². The van der Waals surface area contributed by atoms with Gasteiger partial charge >= 0.3 is 5.97 Å². The zero-order valence-corrected chi connectivity index (χ0v) is 11.2. The van der Waals surface area contributed by atoms with Gasteiger partial charge < -0.3 is 10.8 Å². The van der Waals surface area contributed by atoms with Crippen molar-refractivity contribution >= 4 is 23.6 Å². The first-order chi connectivity index (χ1) is 8.44. The van der Waals surface area contributed by atoms with Crippen molar-refractivity contribution in [3.05, 3.63) is 35.9 Å². The number of primary amides is 1. The van der Waals surface area contributed by atoms with Crippen LogP contribution >= 0.6 is 11.8 Å². The zero-order chi connectivity index (χ0) is 13.8. The smallest absolute Gasteiger partial charge is 0.324 e. The van der Waals surface area contributed by atoms with Crippen molar-refractivity contribution in [1.29, 1.82) is 0 Å². The number of hydrogen-bond acceptors (Lipinski definition) is 3. The Morgan fingerprint density at radius 3 is 2.33 bits per heavy atom. The summed E-state index contributed by atoms with van der Waals surface area (Å²) in [6.07, 6.45) is 0.384. The molecular weight excluding hydrogens is 250 g/mol. The summed E-state index contributed by atoms with van der Waals surface area (Å²) < 4.78 is -1.13. The molecule has 1 rings (SSSR count). The Morgan fingerprint density at radius 2 is 1.94 bits per heavy atom. The predicted molar refractivity (Wildman–Crippen MR) is 72.3 cm³/mol. The van der Waals surface area contributed by atoms with Crippen LogP contribution in [-0.4, -0.2) is 22.2 Å². The highest BCUT2D eigenvalue weighted by Gasteiger charge is 2.41. The molecule has 0 spiro atoms. The van der Waals surface area contributed by atoms with Crippen LogP contribution in [0.2, 0.25) is 0 Å². The van der Waals surface area contributed by atoms with E-state index in [0.29, 0.717) is 12.0 Å². The van der Waals surface area contributed by atoms with Gasteiger partial charge in [0.2, 0.25) is 5.91 Å². The maximum Gasteiger partial charge on any atom is 0.324 e. The molecule has 5 heteroatoms. The molecule has 0 unspecified atom stereocenters. The number of aliphatic carboxylic acids is 1. The van der Waals surface area contributed by atoms with Gasteiger partial charge in [-0.05, 0) is 18.9 Å². The van der Waals surface area contributed by atoms with Gasteiger partial charge in [0.25, 0.3) is 0 Å². The van der Waals surface area contributed by atoms with Crippen molar-refractivity contribution in [3.63, 3.8) is 0 Å². The fraction of sp³-hybridized carbons (Fsp3) is 0.385. The Balaban J connectivity index is 3.18. The van der Waals surface area contributed by atoms with Gasteiger partial charge in [-0.2, -0.15) is 0 Å². The van der Waals surface area contributed by atoms with Gasteiger partial charge in [0.15, 0.2) is 0 Å². The second-order valence-corrected chi connectivity index (χ2v) is 5.65. The van der Waals surface area contributed by atoms with E-state index < -0.39 is 21.9 Å². The van der Waals surface area contributed by atoms with E-state index in [1.54, 1.807) is 38.1 Å². The van der Waals surface area contributed by atoms with E-state index in [1.165, 1.54) is 0 Å². The van der Waals surface area contributed by atoms with Crippen LogP contribution in [0.15, 0.2) is 30.3 Å². The molecule has 0 fully saturated rings. The molecular formula is C13H17NO3S. The Labute approximate surface area is 111 Å². The van der Waals surface area contributed by atoms with Crippen LogP contribution in [0.3, 0.4) is 0 Å². The van der Waals surface area contributed by atoms with Gasteiger partial charge in [-0.15, -0.1) is 11.8 Å². The first kappa shape index (κ1) is 14.6. The number of amides is 1. The molecule has 0 bridgehead atoms. The molecule has 98 valence electrons. The Hall–Kier alpha value is -1.49. The first-order valence-corrected chi connectivity index (χ1v) is 6.58. The lowest BCUT2D eigenvalue weighted by atomic mass is 9.95. The molecule has 0 heterocycles. The highest BCUT2D eigenvalue weighted by Crippen LogP contribution is 2.42. The number of carboxylic acid groups (broad SMARTS) is 1. The van der Waals surface area contributed by atoms with Crippen LogP contribution in [0.25, 0.3) is 0 Å². The first-order valence-electron chi connectivity index (χ1n) is 5.70. The van der Waals surface area contributed by atoms with E-state index in [9.17, 15) is 14.7 Å². The van der Waals surface area contributed by atoms with E-state index in [-0.39, 0.29) is 0 Å². The third kappa shape index (κ3) is 2.85. The van der Waals surface area contributed by atoms with Crippen LogP contribution in [0.4, 0.5) is 0 Å². The molecule has 0 saturated heterocycles.